The number of para-hydroxylation sites is 6. The summed E-state index contributed by atoms with van der Waals surface area (Å²) in [5, 5.41) is 0. The molecule has 4 aliphatic rings. The number of aryl methyl sites for hydroxylation is 1. The number of rotatable bonds is 9. The van der Waals surface area contributed by atoms with Crippen LogP contribution in [0.5, 0.6) is 11.5 Å². The smallest absolute Gasteiger partial charge is 0.253 e. The van der Waals surface area contributed by atoms with Crippen LogP contribution in [0.3, 0.4) is 0 Å². The Labute approximate surface area is 507 Å². The molecule has 4 aliphatic heterocycles. The summed E-state index contributed by atoms with van der Waals surface area (Å²) in [4.78, 5) is 10.0. The number of anilines is 9. The summed E-state index contributed by atoms with van der Waals surface area (Å²) in [6.45, 7) is 2.04. The van der Waals surface area contributed by atoms with Gasteiger partial charge in [0.25, 0.3) is 13.4 Å². The maximum absolute atomic E-state index is 7.15. The minimum absolute atomic E-state index is 0.0999. The van der Waals surface area contributed by atoms with Crippen LogP contribution in [0.4, 0.5) is 51.2 Å². The fourth-order valence-corrected chi connectivity index (χ4v) is 15.4. The Bertz CT molecular complexity index is 4700. The minimum Gasteiger partial charge on any atom is -0.458 e. The molecule has 0 spiro atoms. The van der Waals surface area contributed by atoms with Crippen LogP contribution in [-0.2, 0) is 0 Å². The number of hydrogen-bond acceptors (Lipinski definition) is 5. The summed E-state index contributed by atoms with van der Waals surface area (Å²) in [6, 6.07) is 112. The molecule has 0 unspecified atom stereocenters. The molecule has 0 atom stereocenters. The van der Waals surface area contributed by atoms with Crippen molar-refractivity contribution in [2.45, 2.75) is 16.7 Å². The monoisotopic (exact) mass is 1110 g/mol. The van der Waals surface area contributed by atoms with E-state index in [9.17, 15) is 0 Å². The predicted octanol–water partition coefficient (Wildman–Crippen LogP) is 17.3. The molecule has 0 saturated heterocycles. The van der Waals surface area contributed by atoms with E-state index in [2.05, 4.69) is 325 Å². The summed E-state index contributed by atoms with van der Waals surface area (Å²) < 4.78 is 7.15. The van der Waals surface area contributed by atoms with Crippen molar-refractivity contribution in [1.82, 2.24) is 0 Å². The molecule has 0 N–H and O–H groups in total. The van der Waals surface area contributed by atoms with E-state index >= 15 is 0 Å². The molecule has 0 amide bonds. The first kappa shape index (κ1) is 50.1. The minimum atomic E-state index is -0.157. The molecule has 17 rings (SSSR count). The quantitative estimate of drug-likeness (QED) is 0.134. The van der Waals surface area contributed by atoms with Crippen molar-refractivity contribution in [1.29, 1.82) is 0 Å². The van der Waals surface area contributed by atoms with Crippen LogP contribution in [0.1, 0.15) is 5.56 Å². The Kier molecular flexibility index (Phi) is 11.9. The van der Waals surface area contributed by atoms with Crippen molar-refractivity contribution in [3.63, 3.8) is 0 Å². The lowest BCUT2D eigenvalue weighted by Gasteiger charge is -2.46. The first-order valence-corrected chi connectivity index (χ1v) is 30.4. The lowest BCUT2D eigenvalue weighted by Crippen LogP contribution is -2.64. The molecule has 0 aliphatic carbocycles. The second-order valence-corrected chi connectivity index (χ2v) is 23.8. The zero-order chi connectivity index (χ0) is 56.8. The first-order chi connectivity index (χ1) is 42.6. The van der Waals surface area contributed by atoms with E-state index in [1.807, 2.05) is 11.8 Å². The number of nitrogens with zero attached hydrogens (tertiary/aromatic N) is 3. The maximum atomic E-state index is 7.15. The summed E-state index contributed by atoms with van der Waals surface area (Å²) in [6.07, 6.45) is 0. The van der Waals surface area contributed by atoms with Gasteiger partial charge in [0.05, 0.1) is 17.1 Å². The molecule has 0 radical (unpaired) electrons. The van der Waals surface area contributed by atoms with Gasteiger partial charge in [-0.2, -0.15) is 0 Å². The normalized spacial score (nSPS) is 12.9. The van der Waals surface area contributed by atoms with Gasteiger partial charge in [0.1, 0.15) is 11.5 Å². The second kappa shape index (κ2) is 20.4. The van der Waals surface area contributed by atoms with E-state index < -0.39 is 0 Å². The lowest BCUT2D eigenvalue weighted by molar-refractivity contribution is 0.486. The van der Waals surface area contributed by atoms with E-state index in [4.69, 9.17) is 4.74 Å². The van der Waals surface area contributed by atoms with E-state index in [1.54, 1.807) is 0 Å². The molecule has 402 valence electrons. The fraction of sp³-hybridized carbons (Fsp3) is 0.0127. The molecular formula is C79H53B2N3OS. The van der Waals surface area contributed by atoms with Gasteiger partial charge in [-0.05, 0) is 128 Å². The van der Waals surface area contributed by atoms with Crippen LogP contribution in [-0.4, -0.2) is 13.4 Å². The third-order valence-electron chi connectivity index (χ3n) is 17.8. The van der Waals surface area contributed by atoms with Gasteiger partial charge in [0.2, 0.25) is 0 Å². The number of hydrogen-bond donors (Lipinski definition) is 0. The van der Waals surface area contributed by atoms with Gasteiger partial charge in [-0.3, -0.25) is 0 Å². The van der Waals surface area contributed by atoms with Gasteiger partial charge in [-0.1, -0.05) is 254 Å². The molecule has 0 bridgehead atoms. The summed E-state index contributed by atoms with van der Waals surface area (Å²) >= 11 is 1.87. The third-order valence-corrected chi connectivity index (χ3v) is 19.0. The molecule has 0 fully saturated rings. The van der Waals surface area contributed by atoms with Crippen LogP contribution in [0.15, 0.2) is 313 Å². The highest BCUT2D eigenvalue weighted by Crippen LogP contribution is 2.53. The number of ether oxygens (including phenoxy) is 1. The van der Waals surface area contributed by atoms with Gasteiger partial charge < -0.3 is 19.4 Å². The van der Waals surface area contributed by atoms with Crippen LogP contribution in [0.2, 0.25) is 0 Å². The van der Waals surface area contributed by atoms with E-state index in [1.165, 1.54) is 64.9 Å². The van der Waals surface area contributed by atoms with E-state index in [0.29, 0.717) is 0 Å². The highest BCUT2D eigenvalue weighted by molar-refractivity contribution is 8.00. The van der Waals surface area contributed by atoms with Crippen LogP contribution < -0.4 is 52.2 Å². The highest BCUT2D eigenvalue weighted by atomic mass is 32.2. The van der Waals surface area contributed by atoms with Gasteiger partial charge in [0, 0.05) is 66.7 Å². The highest BCUT2D eigenvalue weighted by Gasteiger charge is 2.48. The van der Waals surface area contributed by atoms with Crippen molar-refractivity contribution in [2.75, 3.05) is 14.7 Å². The van der Waals surface area contributed by atoms with Crippen molar-refractivity contribution in [3.05, 3.63) is 309 Å². The van der Waals surface area contributed by atoms with Crippen molar-refractivity contribution in [2.24, 2.45) is 0 Å². The first-order valence-electron chi connectivity index (χ1n) is 29.6. The Balaban J connectivity index is 0.976. The van der Waals surface area contributed by atoms with Crippen molar-refractivity contribution in [3.8, 4) is 56.0 Å². The van der Waals surface area contributed by atoms with Crippen LogP contribution >= 0.6 is 11.8 Å². The lowest BCUT2D eigenvalue weighted by atomic mass is 9.31. The van der Waals surface area contributed by atoms with Crippen LogP contribution in [0.25, 0.3) is 44.5 Å². The van der Waals surface area contributed by atoms with Gasteiger partial charge in [0.15, 0.2) is 0 Å². The molecule has 4 heterocycles. The third kappa shape index (κ3) is 8.03. The standard InChI is InChI=1S/C79H53B2N3OS/c1-52-26-24-39-61(54-29-10-3-11-30-54)78(52)84-69-51-74-67(81-65-43-21-23-45-72(65)85-73-48-60(49-75(86-74)77(73)81)82(58-35-16-6-17-36-58)59-37-18-7-19-38-59)50-66(69)80-64-42-20-22-44-68(64)83(70-46-57(47-71(84)76(70)80)53-27-8-2-9-28-53)79-62(55-31-12-4-13-32-55)40-25-41-63(79)56-33-14-5-15-34-56/h2-51H,1H3. The SMILES string of the molecule is Cc1cccc(-c2ccccc2)c1N1c2cc3c(cc2B2c4ccccc4N(c4c(-c5ccccc5)cccc4-c4ccccc4)c4cc(-c5ccccc5)cc1c42)B1c2ccccc2Oc2cc(N(c4ccccc4)c4ccccc4)cc(c21)S3. The largest absolute Gasteiger partial charge is 0.458 e. The second-order valence-electron chi connectivity index (χ2n) is 22.7. The zero-order valence-electron chi connectivity index (χ0n) is 47.2. The Morgan fingerprint density at radius 1 is 0.314 bits per heavy atom. The molecule has 0 aromatic heterocycles. The summed E-state index contributed by atoms with van der Waals surface area (Å²) in [5.41, 5.74) is 28.1. The van der Waals surface area contributed by atoms with Crippen molar-refractivity contribution < 1.29 is 4.74 Å². The van der Waals surface area contributed by atoms with Crippen LogP contribution in [0, 0.1) is 6.92 Å². The average molecular weight is 1110 g/mol. The topological polar surface area (TPSA) is 19.0 Å². The average Bonchev–Trinajstić information content (AvgIpc) is 0.764. The van der Waals surface area contributed by atoms with Gasteiger partial charge >= 0.3 is 0 Å². The predicted molar refractivity (Wildman–Crippen MR) is 363 cm³/mol. The van der Waals surface area contributed by atoms with E-state index in [0.717, 1.165) is 90.4 Å². The molecular weight excluding hydrogens is 1060 g/mol. The molecule has 4 nitrogen and oxygen atoms in total. The van der Waals surface area contributed by atoms with E-state index in [-0.39, 0.29) is 13.4 Å². The molecule has 13 aromatic carbocycles. The Hall–Kier alpha value is -10.5. The Morgan fingerprint density at radius 3 is 1.41 bits per heavy atom. The molecule has 7 heteroatoms. The molecule has 86 heavy (non-hydrogen) atoms. The number of fused-ring (bicyclic) bond motifs is 8. The maximum Gasteiger partial charge on any atom is 0.253 e. The summed E-state index contributed by atoms with van der Waals surface area (Å²) in [7, 11) is 0. The number of benzene rings is 13. The van der Waals surface area contributed by atoms with Gasteiger partial charge in [-0.15, -0.1) is 0 Å². The van der Waals surface area contributed by atoms with Gasteiger partial charge in [-0.25, -0.2) is 0 Å². The molecule has 13 aromatic rings. The zero-order valence-corrected chi connectivity index (χ0v) is 48.0. The molecule has 0 saturated carbocycles. The summed E-state index contributed by atoms with van der Waals surface area (Å²) in [5.74, 6) is 1.77. The van der Waals surface area contributed by atoms with Crippen molar-refractivity contribution >= 4 is 109 Å². The fourth-order valence-electron chi connectivity index (χ4n) is 14.2. The Morgan fingerprint density at radius 2 is 0.802 bits per heavy atom.